The van der Waals surface area contributed by atoms with E-state index in [-0.39, 0.29) is 11.7 Å². The largest absolute Gasteiger partial charge is 0.353 e. The number of carbonyl (C=O) groups is 1. The number of amides is 1. The van der Waals surface area contributed by atoms with E-state index in [1.165, 1.54) is 18.3 Å². The van der Waals surface area contributed by atoms with Crippen molar-refractivity contribution in [1.82, 2.24) is 9.88 Å². The predicted molar refractivity (Wildman–Crippen MR) is 123 cm³/mol. The predicted octanol–water partition coefficient (Wildman–Crippen LogP) is 6.60. The molecule has 0 spiro atoms. The quantitative estimate of drug-likeness (QED) is 0.479. The van der Waals surface area contributed by atoms with Crippen molar-refractivity contribution >= 4 is 40.5 Å². The molecule has 1 aliphatic rings. The van der Waals surface area contributed by atoms with Crippen LogP contribution in [-0.4, -0.2) is 28.9 Å². The van der Waals surface area contributed by atoms with Gasteiger partial charge in [-0.1, -0.05) is 35.3 Å². The molecule has 1 N–H and O–H groups in total. The Morgan fingerprint density at radius 1 is 1.10 bits per heavy atom. The van der Waals surface area contributed by atoms with Gasteiger partial charge in [0.05, 0.1) is 16.3 Å². The molecule has 1 amide bonds. The number of aryl methyl sites for hydroxylation is 1. The van der Waals surface area contributed by atoms with Gasteiger partial charge in [0.2, 0.25) is 0 Å². The number of halogens is 3. The van der Waals surface area contributed by atoms with E-state index in [2.05, 4.69) is 10.3 Å². The van der Waals surface area contributed by atoms with Crippen molar-refractivity contribution in [2.45, 2.75) is 25.7 Å². The molecule has 7 heteroatoms. The number of benzene rings is 2. The molecule has 2 aromatic carbocycles. The second kappa shape index (κ2) is 9.25. The standard InChI is InChI=1S/C24H22Cl2FN3O/c1-15-12-18(25)4-7-22(15)29-23-20(13-28-14-21(23)26)24(31)30-10-8-17(9-11-30)16-2-5-19(27)6-3-16/h2-7,12-14,17H,8-11H2,1H3,(H,28,29). The first kappa shape index (κ1) is 21.6. The average Bonchev–Trinajstić information content (AvgIpc) is 2.77. The van der Waals surface area contributed by atoms with Gasteiger partial charge in [-0.25, -0.2) is 4.39 Å². The summed E-state index contributed by atoms with van der Waals surface area (Å²) in [5.41, 5.74) is 3.84. The Morgan fingerprint density at radius 3 is 2.48 bits per heavy atom. The second-order valence-corrected chi connectivity index (χ2v) is 8.59. The van der Waals surface area contributed by atoms with E-state index in [1.807, 2.05) is 36.1 Å². The number of aromatic nitrogens is 1. The lowest BCUT2D eigenvalue weighted by atomic mass is 9.89. The molecule has 1 fully saturated rings. The highest BCUT2D eigenvalue weighted by Gasteiger charge is 2.27. The molecule has 0 atom stereocenters. The Labute approximate surface area is 191 Å². The third-order valence-corrected chi connectivity index (χ3v) is 6.22. The number of nitrogens with one attached hydrogen (secondary N) is 1. The zero-order valence-corrected chi connectivity index (χ0v) is 18.6. The molecule has 0 saturated carbocycles. The number of rotatable bonds is 4. The van der Waals surface area contributed by atoms with Gasteiger partial charge in [-0.2, -0.15) is 0 Å². The summed E-state index contributed by atoms with van der Waals surface area (Å²) in [5, 5.41) is 4.30. The minimum Gasteiger partial charge on any atom is -0.353 e. The molecule has 2 heterocycles. The van der Waals surface area contributed by atoms with Crippen molar-refractivity contribution < 1.29 is 9.18 Å². The molecule has 0 aliphatic carbocycles. The van der Waals surface area contributed by atoms with Gasteiger partial charge in [-0.15, -0.1) is 0 Å². The topological polar surface area (TPSA) is 45.2 Å². The van der Waals surface area contributed by atoms with E-state index >= 15 is 0 Å². The molecule has 0 radical (unpaired) electrons. The highest BCUT2D eigenvalue weighted by molar-refractivity contribution is 6.34. The van der Waals surface area contributed by atoms with Gasteiger partial charge >= 0.3 is 0 Å². The number of pyridine rings is 1. The van der Waals surface area contributed by atoms with Crippen molar-refractivity contribution in [3.63, 3.8) is 0 Å². The van der Waals surface area contributed by atoms with Gasteiger partial charge in [0, 0.05) is 36.2 Å². The maximum Gasteiger partial charge on any atom is 0.257 e. The first-order valence-corrected chi connectivity index (χ1v) is 10.9. The van der Waals surface area contributed by atoms with Crippen LogP contribution in [0, 0.1) is 12.7 Å². The van der Waals surface area contributed by atoms with Crippen LogP contribution in [0.15, 0.2) is 54.9 Å². The molecule has 0 bridgehead atoms. The first-order valence-electron chi connectivity index (χ1n) is 10.1. The molecule has 0 unspecified atom stereocenters. The molecular weight excluding hydrogens is 436 g/mol. The third kappa shape index (κ3) is 4.83. The lowest BCUT2D eigenvalue weighted by molar-refractivity contribution is 0.0713. The summed E-state index contributed by atoms with van der Waals surface area (Å²) >= 11 is 12.5. The van der Waals surface area contributed by atoms with Crippen LogP contribution in [0.1, 0.15) is 40.2 Å². The molecule has 1 aromatic heterocycles. The number of anilines is 2. The first-order chi connectivity index (χ1) is 14.9. The molecule has 31 heavy (non-hydrogen) atoms. The van der Waals surface area contributed by atoms with Gasteiger partial charge in [-0.3, -0.25) is 9.78 Å². The normalized spacial score (nSPS) is 14.5. The lowest BCUT2D eigenvalue weighted by Crippen LogP contribution is -2.38. The molecule has 160 valence electrons. The number of carbonyl (C=O) groups excluding carboxylic acids is 1. The van der Waals surface area contributed by atoms with Crippen molar-refractivity contribution in [2.75, 3.05) is 18.4 Å². The van der Waals surface area contributed by atoms with E-state index in [0.717, 1.165) is 29.7 Å². The fourth-order valence-electron chi connectivity index (χ4n) is 3.95. The Balaban J connectivity index is 1.51. The van der Waals surface area contributed by atoms with Crippen molar-refractivity contribution in [3.8, 4) is 0 Å². The Kier molecular flexibility index (Phi) is 6.44. The van der Waals surface area contributed by atoms with Crippen LogP contribution in [0.2, 0.25) is 10.0 Å². The zero-order valence-electron chi connectivity index (χ0n) is 17.0. The van der Waals surface area contributed by atoms with Gasteiger partial charge < -0.3 is 10.2 Å². The van der Waals surface area contributed by atoms with Gasteiger partial charge in [0.15, 0.2) is 0 Å². The molecule has 1 saturated heterocycles. The van der Waals surface area contributed by atoms with Crippen LogP contribution in [0.4, 0.5) is 15.8 Å². The average molecular weight is 458 g/mol. The molecule has 3 aromatic rings. The van der Waals surface area contributed by atoms with Gasteiger partial charge in [0.25, 0.3) is 5.91 Å². The van der Waals surface area contributed by atoms with Gasteiger partial charge in [0.1, 0.15) is 5.82 Å². The highest BCUT2D eigenvalue weighted by Crippen LogP contribution is 2.33. The molecule has 4 nitrogen and oxygen atoms in total. The molecule has 4 rings (SSSR count). The van der Waals surface area contributed by atoms with Crippen LogP contribution in [0.25, 0.3) is 0 Å². The van der Waals surface area contributed by atoms with Crippen LogP contribution in [-0.2, 0) is 0 Å². The highest BCUT2D eigenvalue weighted by atomic mass is 35.5. The zero-order chi connectivity index (χ0) is 22.0. The smallest absolute Gasteiger partial charge is 0.257 e. The van der Waals surface area contributed by atoms with E-state index < -0.39 is 0 Å². The van der Waals surface area contributed by atoms with Crippen molar-refractivity contribution in [1.29, 1.82) is 0 Å². The number of nitrogens with zero attached hydrogens (tertiary/aromatic N) is 2. The SMILES string of the molecule is Cc1cc(Cl)ccc1Nc1c(Cl)cncc1C(=O)N1CCC(c2ccc(F)cc2)CC1. The summed E-state index contributed by atoms with van der Waals surface area (Å²) in [6.45, 7) is 3.17. The number of likely N-dealkylation sites (tertiary alicyclic amines) is 1. The van der Waals surface area contributed by atoms with E-state index in [0.29, 0.717) is 40.3 Å². The molecular formula is C24H22Cl2FN3O. The van der Waals surface area contributed by atoms with Crippen LogP contribution < -0.4 is 5.32 Å². The van der Waals surface area contributed by atoms with Crippen LogP contribution in [0.3, 0.4) is 0 Å². The Bertz CT molecular complexity index is 1100. The Morgan fingerprint density at radius 2 is 1.81 bits per heavy atom. The lowest BCUT2D eigenvalue weighted by Gasteiger charge is -2.32. The van der Waals surface area contributed by atoms with E-state index in [4.69, 9.17) is 23.2 Å². The third-order valence-electron chi connectivity index (χ3n) is 5.70. The minimum atomic E-state index is -0.235. The number of hydrogen-bond acceptors (Lipinski definition) is 3. The van der Waals surface area contributed by atoms with E-state index in [9.17, 15) is 9.18 Å². The van der Waals surface area contributed by atoms with Gasteiger partial charge in [-0.05, 0) is 67.1 Å². The fourth-order valence-corrected chi connectivity index (χ4v) is 4.38. The fraction of sp³-hybridized carbons (Fsp3) is 0.250. The minimum absolute atomic E-state index is 0.110. The summed E-state index contributed by atoms with van der Waals surface area (Å²) in [6, 6.07) is 12.1. The summed E-state index contributed by atoms with van der Waals surface area (Å²) in [7, 11) is 0. The van der Waals surface area contributed by atoms with Crippen molar-refractivity contribution in [2.24, 2.45) is 0 Å². The Hall–Kier alpha value is -2.63. The number of piperidine rings is 1. The summed E-state index contributed by atoms with van der Waals surface area (Å²) in [5.74, 6) is -0.0288. The maximum atomic E-state index is 13.3. The summed E-state index contributed by atoms with van der Waals surface area (Å²) in [6.07, 6.45) is 4.72. The second-order valence-electron chi connectivity index (χ2n) is 7.75. The monoisotopic (exact) mass is 457 g/mol. The summed E-state index contributed by atoms with van der Waals surface area (Å²) < 4.78 is 13.2. The molecule has 1 aliphatic heterocycles. The van der Waals surface area contributed by atoms with Crippen LogP contribution in [0.5, 0.6) is 0 Å². The van der Waals surface area contributed by atoms with Crippen molar-refractivity contribution in [3.05, 3.63) is 87.4 Å². The number of hydrogen-bond donors (Lipinski definition) is 1. The maximum absolute atomic E-state index is 13.3. The van der Waals surface area contributed by atoms with E-state index in [1.54, 1.807) is 12.3 Å². The van der Waals surface area contributed by atoms with Crippen LogP contribution >= 0.6 is 23.2 Å². The summed E-state index contributed by atoms with van der Waals surface area (Å²) in [4.78, 5) is 19.3.